The zero-order valence-corrected chi connectivity index (χ0v) is 8.88. The molecule has 0 bridgehead atoms. The van der Waals surface area contributed by atoms with E-state index < -0.39 is 11.8 Å². The molecular weight excluding hydrogens is 228 g/mol. The number of carbonyl (C=O) groups is 2. The molecule has 1 aromatic carbocycles. The van der Waals surface area contributed by atoms with Crippen LogP contribution in [0.25, 0.3) is 12.2 Å². The highest BCUT2D eigenvalue weighted by molar-refractivity contribution is 6.40. The minimum atomic E-state index is -0.740. The third kappa shape index (κ3) is 1.35. The molecule has 0 saturated heterocycles. The predicted octanol–water partition coefficient (Wildman–Crippen LogP) is 0.0140. The van der Waals surface area contributed by atoms with E-state index in [0.29, 0.717) is 11.0 Å². The van der Waals surface area contributed by atoms with Crippen LogP contribution in [0.15, 0.2) is 23.2 Å². The highest BCUT2D eigenvalue weighted by Crippen LogP contribution is 2.07. The molecule has 3 rings (SSSR count). The Morgan fingerprint density at radius 2 is 2.00 bits per heavy atom. The Kier molecular flexibility index (Phi) is 2.36. The lowest BCUT2D eigenvalue weighted by molar-refractivity contribution is -0.134. The second kappa shape index (κ2) is 3.57. The molecule has 16 heavy (non-hydrogen) atoms. The standard InChI is InChI=1S/C11H6N2O2.ClH/c14-10-11(15)13-9-7-3-1-2-6(7)4-5-8(9)12-10;/h1-5H,(H,12,14);1H. The van der Waals surface area contributed by atoms with Crippen molar-refractivity contribution in [1.82, 2.24) is 0 Å². The number of allylic oxidation sites excluding steroid dienone is 1. The molecule has 0 fully saturated rings. The maximum atomic E-state index is 11.1. The van der Waals surface area contributed by atoms with Crippen molar-refractivity contribution in [3.8, 4) is 0 Å². The van der Waals surface area contributed by atoms with Crippen LogP contribution in [0.3, 0.4) is 0 Å². The van der Waals surface area contributed by atoms with Crippen molar-refractivity contribution in [2.45, 2.75) is 0 Å². The molecule has 1 aliphatic carbocycles. The molecule has 0 unspecified atom stereocenters. The summed E-state index contributed by atoms with van der Waals surface area (Å²) in [5, 5.41) is 3.96. The van der Waals surface area contributed by atoms with Gasteiger partial charge in [-0.1, -0.05) is 24.3 Å². The summed E-state index contributed by atoms with van der Waals surface area (Å²) in [5.41, 5.74) is 1.61. The normalized spacial score (nSPS) is 15.2. The van der Waals surface area contributed by atoms with Gasteiger partial charge < -0.3 is 5.32 Å². The lowest BCUT2D eigenvalue weighted by Crippen LogP contribution is -2.39. The zero-order chi connectivity index (χ0) is 10.4. The maximum Gasteiger partial charge on any atom is 0.335 e. The van der Waals surface area contributed by atoms with Gasteiger partial charge in [0.05, 0.1) is 11.0 Å². The minimum Gasteiger partial charge on any atom is -0.316 e. The molecule has 1 N–H and O–H groups in total. The summed E-state index contributed by atoms with van der Waals surface area (Å²) in [6, 6.07) is 3.64. The summed E-state index contributed by atoms with van der Waals surface area (Å²) >= 11 is 0. The van der Waals surface area contributed by atoms with Crippen LogP contribution in [-0.4, -0.2) is 11.8 Å². The molecule has 0 saturated carbocycles. The number of halogens is 1. The van der Waals surface area contributed by atoms with Gasteiger partial charge in [0.25, 0.3) is 0 Å². The summed E-state index contributed by atoms with van der Waals surface area (Å²) in [7, 11) is 0. The number of anilines is 1. The first kappa shape index (κ1) is 10.6. The predicted molar refractivity (Wildman–Crippen MR) is 61.6 cm³/mol. The summed E-state index contributed by atoms with van der Waals surface area (Å²) < 4.78 is 0. The molecule has 1 aromatic rings. The lowest BCUT2D eigenvalue weighted by Gasteiger charge is -2.08. The van der Waals surface area contributed by atoms with Gasteiger partial charge in [-0.15, -0.1) is 12.4 Å². The number of nitrogens with zero attached hydrogens (tertiary/aromatic N) is 1. The SMILES string of the molecule is Cl.O=C1N=c2c(ccc3c2=CC=C3)NC1=O. The van der Waals surface area contributed by atoms with Crippen molar-refractivity contribution in [3.05, 3.63) is 34.3 Å². The van der Waals surface area contributed by atoms with Crippen LogP contribution in [0.1, 0.15) is 5.56 Å². The van der Waals surface area contributed by atoms with Gasteiger partial charge >= 0.3 is 11.8 Å². The largest absolute Gasteiger partial charge is 0.335 e. The second-order valence-electron chi connectivity index (χ2n) is 3.36. The number of fused-ring (bicyclic) bond motifs is 3. The number of hydrogen-bond acceptors (Lipinski definition) is 2. The van der Waals surface area contributed by atoms with Gasteiger partial charge in [0.2, 0.25) is 0 Å². The van der Waals surface area contributed by atoms with Gasteiger partial charge in [-0.25, -0.2) is 4.99 Å². The fourth-order valence-electron chi connectivity index (χ4n) is 1.74. The lowest BCUT2D eigenvalue weighted by atomic mass is 10.1. The van der Waals surface area contributed by atoms with Gasteiger partial charge in [0.1, 0.15) is 0 Å². The molecule has 4 nitrogen and oxygen atoms in total. The first-order valence-electron chi connectivity index (χ1n) is 4.51. The van der Waals surface area contributed by atoms with E-state index in [9.17, 15) is 9.59 Å². The Balaban J connectivity index is 0.000000963. The summed E-state index contributed by atoms with van der Waals surface area (Å²) in [4.78, 5) is 26.0. The fraction of sp³-hybridized carbons (Fsp3) is 0. The molecule has 80 valence electrons. The Bertz CT molecular complexity index is 647. The van der Waals surface area contributed by atoms with Gasteiger partial charge in [0, 0.05) is 5.22 Å². The van der Waals surface area contributed by atoms with Gasteiger partial charge in [-0.3, -0.25) is 9.59 Å². The highest BCUT2D eigenvalue weighted by atomic mass is 35.5. The molecule has 0 atom stereocenters. The van der Waals surface area contributed by atoms with Crippen LogP contribution in [-0.2, 0) is 9.59 Å². The molecule has 0 spiro atoms. The monoisotopic (exact) mass is 234 g/mol. The summed E-state index contributed by atoms with van der Waals surface area (Å²) in [6.45, 7) is 0. The second-order valence-corrected chi connectivity index (χ2v) is 3.36. The third-order valence-corrected chi connectivity index (χ3v) is 2.45. The number of hydrogen-bond donors (Lipinski definition) is 1. The van der Waals surface area contributed by atoms with E-state index in [-0.39, 0.29) is 12.4 Å². The van der Waals surface area contributed by atoms with Crippen LogP contribution < -0.4 is 15.9 Å². The Morgan fingerprint density at radius 1 is 1.19 bits per heavy atom. The Hall–Kier alpha value is -1.94. The van der Waals surface area contributed by atoms with Gasteiger partial charge in [-0.05, 0) is 11.6 Å². The van der Waals surface area contributed by atoms with E-state index in [1.807, 2.05) is 24.3 Å². The third-order valence-electron chi connectivity index (χ3n) is 2.45. The molecule has 2 aliphatic rings. The van der Waals surface area contributed by atoms with Crippen LogP contribution >= 0.6 is 12.4 Å². The average molecular weight is 235 g/mol. The first-order valence-corrected chi connectivity index (χ1v) is 4.51. The van der Waals surface area contributed by atoms with Crippen LogP contribution in [0.4, 0.5) is 5.69 Å². The van der Waals surface area contributed by atoms with E-state index in [1.165, 1.54) is 0 Å². The number of carbonyl (C=O) groups excluding carboxylic acids is 2. The van der Waals surface area contributed by atoms with Crippen molar-refractivity contribution in [3.63, 3.8) is 0 Å². The molecule has 5 heteroatoms. The number of amides is 2. The van der Waals surface area contributed by atoms with E-state index in [1.54, 1.807) is 6.07 Å². The molecule has 0 radical (unpaired) electrons. The summed E-state index contributed by atoms with van der Waals surface area (Å²) in [6.07, 6.45) is 5.70. The maximum absolute atomic E-state index is 11.1. The van der Waals surface area contributed by atoms with Crippen LogP contribution in [0, 0.1) is 0 Å². The smallest absolute Gasteiger partial charge is 0.316 e. The van der Waals surface area contributed by atoms with E-state index in [4.69, 9.17) is 0 Å². The quantitative estimate of drug-likeness (QED) is 0.643. The molecule has 2 amide bonds. The van der Waals surface area contributed by atoms with Crippen molar-refractivity contribution in [2.75, 3.05) is 5.32 Å². The number of benzene rings is 1. The van der Waals surface area contributed by atoms with Crippen molar-refractivity contribution in [1.29, 1.82) is 0 Å². The van der Waals surface area contributed by atoms with Crippen molar-refractivity contribution < 1.29 is 9.59 Å². The molecular formula is C11H7ClN2O2. The van der Waals surface area contributed by atoms with Crippen molar-refractivity contribution in [2.24, 2.45) is 4.99 Å². The molecule has 0 aromatic heterocycles. The Labute approximate surface area is 96.8 Å². The number of nitrogens with one attached hydrogen (secondary N) is 1. The average Bonchev–Trinajstić information content (AvgIpc) is 2.68. The van der Waals surface area contributed by atoms with Crippen LogP contribution in [0.5, 0.6) is 0 Å². The number of rotatable bonds is 0. The van der Waals surface area contributed by atoms with Gasteiger partial charge in [0.15, 0.2) is 0 Å². The topological polar surface area (TPSA) is 58.5 Å². The Morgan fingerprint density at radius 3 is 2.81 bits per heavy atom. The zero-order valence-electron chi connectivity index (χ0n) is 8.06. The van der Waals surface area contributed by atoms with E-state index in [2.05, 4.69) is 10.3 Å². The van der Waals surface area contributed by atoms with Crippen molar-refractivity contribution >= 4 is 42.1 Å². The summed E-state index contributed by atoms with van der Waals surface area (Å²) in [5.74, 6) is -1.41. The molecule has 1 heterocycles. The fourth-order valence-corrected chi connectivity index (χ4v) is 1.74. The molecule has 1 aliphatic heterocycles. The van der Waals surface area contributed by atoms with E-state index >= 15 is 0 Å². The van der Waals surface area contributed by atoms with Crippen LogP contribution in [0.2, 0.25) is 0 Å². The highest BCUT2D eigenvalue weighted by Gasteiger charge is 2.19. The van der Waals surface area contributed by atoms with Gasteiger partial charge in [-0.2, -0.15) is 0 Å². The van der Waals surface area contributed by atoms with E-state index in [0.717, 1.165) is 10.8 Å². The minimum absolute atomic E-state index is 0. The first-order chi connectivity index (χ1) is 7.25.